The molecule has 230 valence electrons. The van der Waals surface area contributed by atoms with Gasteiger partial charge in [-0.05, 0) is 10.8 Å². The minimum absolute atomic E-state index is 0.203. The SMILES string of the molecule is CC(C)(C)c1ccc2c(c1)[cH-]c1cc(C(C)(C)C)ccc12.Cc1c[cH-]c2c(C)cccc12.[Zr+2]=[C](c1ccccc1)c1ccccc1. The quantitative estimate of drug-likeness (QED) is 0.160. The van der Waals surface area contributed by atoms with Crippen LogP contribution in [0.1, 0.15) is 74.9 Å². The number of aryl methyl sites for hydroxylation is 2. The van der Waals surface area contributed by atoms with Crippen molar-refractivity contribution in [2.45, 2.75) is 66.2 Å². The Balaban J connectivity index is 0.000000144. The van der Waals surface area contributed by atoms with Crippen molar-refractivity contribution in [2.75, 3.05) is 0 Å². The molecule has 0 radical (unpaired) electrons. The molecule has 0 atom stereocenters. The predicted molar refractivity (Wildman–Crippen MR) is 200 cm³/mol. The molecule has 46 heavy (non-hydrogen) atoms. The molecule has 0 bridgehead atoms. The number of fused-ring (bicyclic) bond motifs is 4. The Kier molecular flexibility index (Phi) is 10.2. The zero-order valence-corrected chi connectivity index (χ0v) is 31.2. The monoisotopic (exact) mass is 676 g/mol. The van der Waals surface area contributed by atoms with Gasteiger partial charge in [-0.3, -0.25) is 0 Å². The summed E-state index contributed by atoms with van der Waals surface area (Å²) in [5, 5.41) is 8.26. The molecule has 0 aliphatic heterocycles. The average Bonchev–Trinajstić information content (AvgIpc) is 3.61. The summed E-state index contributed by atoms with van der Waals surface area (Å²) >= 11 is 1.46. The van der Waals surface area contributed by atoms with Gasteiger partial charge in [0.05, 0.1) is 0 Å². The van der Waals surface area contributed by atoms with Crippen LogP contribution < -0.4 is 0 Å². The number of hydrogen-bond acceptors (Lipinski definition) is 0. The van der Waals surface area contributed by atoms with E-state index in [9.17, 15) is 0 Å². The number of rotatable bonds is 2. The van der Waals surface area contributed by atoms with Crippen LogP contribution in [0.5, 0.6) is 0 Å². The van der Waals surface area contributed by atoms with Crippen molar-refractivity contribution in [1.82, 2.24) is 0 Å². The van der Waals surface area contributed by atoms with Crippen molar-refractivity contribution in [3.8, 4) is 0 Å². The standard InChI is InChI=1S/C21H25.C13H10.C11H11.Zr/c1-20(2,3)16-7-9-18-14(12-16)11-15-13-17(21(4,5)6)8-10-19(15)18;1-3-7-12(8-4-1)11-13-9-5-2-6-10-13;1-8-4-3-5-10-9(2)6-7-11(8)10;/h7-13H,1-6H3;1-10H;3-7H,1-2H3;/q-1;;-1;+2. The molecule has 0 saturated heterocycles. The van der Waals surface area contributed by atoms with Crippen molar-refractivity contribution in [3.05, 3.63) is 167 Å². The summed E-state index contributed by atoms with van der Waals surface area (Å²) < 4.78 is 1.42. The molecule has 1 heteroatoms. The van der Waals surface area contributed by atoms with Crippen LogP contribution in [0.3, 0.4) is 0 Å². The molecule has 0 fully saturated rings. The van der Waals surface area contributed by atoms with E-state index in [2.05, 4.69) is 189 Å². The molecule has 0 heterocycles. The van der Waals surface area contributed by atoms with Crippen LogP contribution in [0.25, 0.3) is 32.3 Å². The van der Waals surface area contributed by atoms with E-state index in [1.165, 1.54) is 93.1 Å². The summed E-state index contributed by atoms with van der Waals surface area (Å²) in [6, 6.07) is 48.1. The zero-order valence-electron chi connectivity index (χ0n) is 28.7. The van der Waals surface area contributed by atoms with E-state index in [-0.39, 0.29) is 10.8 Å². The third-order valence-electron chi connectivity index (χ3n) is 8.81. The summed E-state index contributed by atoms with van der Waals surface area (Å²) in [5.41, 5.74) is 8.62. The first kappa shape index (κ1) is 33.7. The van der Waals surface area contributed by atoms with Crippen molar-refractivity contribution >= 4 is 35.5 Å². The van der Waals surface area contributed by atoms with Gasteiger partial charge < -0.3 is 0 Å². The summed E-state index contributed by atoms with van der Waals surface area (Å²) in [6.45, 7) is 17.9. The minimum atomic E-state index is 0.203. The normalized spacial score (nSPS) is 11.6. The molecule has 0 spiro atoms. The maximum absolute atomic E-state index is 2.35. The van der Waals surface area contributed by atoms with E-state index in [1.807, 2.05) is 0 Å². The molecule has 7 rings (SSSR count). The van der Waals surface area contributed by atoms with Crippen LogP contribution >= 0.6 is 0 Å². The number of hydrogen-bond donors (Lipinski definition) is 0. The Labute approximate surface area is 291 Å². The number of benzene rings is 5. The summed E-state index contributed by atoms with van der Waals surface area (Å²) in [5.74, 6) is 0. The fourth-order valence-electron chi connectivity index (χ4n) is 5.88. The molecule has 0 nitrogen and oxygen atoms in total. The fourth-order valence-corrected chi connectivity index (χ4v) is 6.69. The van der Waals surface area contributed by atoms with Gasteiger partial charge in [-0.15, -0.1) is 74.3 Å². The molecule has 0 aliphatic rings. The predicted octanol–water partition coefficient (Wildman–Crippen LogP) is 12.3. The molecule has 0 amide bonds. The van der Waals surface area contributed by atoms with Gasteiger partial charge in [-0.2, -0.15) is 11.6 Å². The Morgan fingerprint density at radius 1 is 0.522 bits per heavy atom. The fraction of sp³-hybridized carbons (Fsp3) is 0.222. The molecular formula is C45H46Zr. The van der Waals surface area contributed by atoms with Gasteiger partial charge in [-0.25, -0.2) is 0 Å². The van der Waals surface area contributed by atoms with Gasteiger partial charge >= 0.3 is 99.2 Å². The molecule has 7 aromatic carbocycles. The summed E-state index contributed by atoms with van der Waals surface area (Å²) in [6.07, 6.45) is 0. The van der Waals surface area contributed by atoms with Crippen molar-refractivity contribution in [2.24, 2.45) is 0 Å². The molecule has 0 aliphatic carbocycles. The van der Waals surface area contributed by atoms with Crippen molar-refractivity contribution < 1.29 is 24.2 Å². The Hall–Kier alpha value is -3.67. The molecule has 0 N–H and O–H groups in total. The van der Waals surface area contributed by atoms with E-state index in [0.29, 0.717) is 0 Å². The van der Waals surface area contributed by atoms with Gasteiger partial charge in [0.15, 0.2) is 0 Å². The van der Waals surface area contributed by atoms with Crippen LogP contribution in [0.2, 0.25) is 0 Å². The van der Waals surface area contributed by atoms with Gasteiger partial charge in [0.1, 0.15) is 0 Å². The Morgan fingerprint density at radius 2 is 1.00 bits per heavy atom. The van der Waals surface area contributed by atoms with Crippen LogP contribution in [0.4, 0.5) is 0 Å². The second-order valence-electron chi connectivity index (χ2n) is 14.4. The first-order valence-corrected chi connectivity index (χ1v) is 17.5. The van der Waals surface area contributed by atoms with Crippen molar-refractivity contribution in [1.29, 1.82) is 0 Å². The van der Waals surface area contributed by atoms with Crippen LogP contribution in [0.15, 0.2) is 133 Å². The molecule has 7 aromatic rings. The van der Waals surface area contributed by atoms with Crippen LogP contribution in [-0.4, -0.2) is 3.21 Å². The van der Waals surface area contributed by atoms with E-state index in [0.717, 1.165) is 0 Å². The summed E-state index contributed by atoms with van der Waals surface area (Å²) in [4.78, 5) is 0. The van der Waals surface area contributed by atoms with Gasteiger partial charge in [0, 0.05) is 0 Å². The first-order chi connectivity index (χ1) is 21.8. The van der Waals surface area contributed by atoms with Gasteiger partial charge in [-0.1, -0.05) is 96.8 Å². The third kappa shape index (κ3) is 7.82. The summed E-state index contributed by atoms with van der Waals surface area (Å²) in [7, 11) is 0. The van der Waals surface area contributed by atoms with Gasteiger partial charge in [0.2, 0.25) is 0 Å². The Bertz CT molecular complexity index is 1960. The Morgan fingerprint density at radius 3 is 1.43 bits per heavy atom. The van der Waals surface area contributed by atoms with Gasteiger partial charge in [0.25, 0.3) is 0 Å². The topological polar surface area (TPSA) is 0 Å². The molecule has 0 unspecified atom stereocenters. The van der Waals surface area contributed by atoms with Crippen LogP contribution in [-0.2, 0) is 35.1 Å². The van der Waals surface area contributed by atoms with Crippen LogP contribution in [0, 0.1) is 13.8 Å². The second-order valence-corrected chi connectivity index (χ2v) is 15.6. The third-order valence-corrected chi connectivity index (χ3v) is 10.2. The average molecular weight is 678 g/mol. The van der Waals surface area contributed by atoms with E-state index < -0.39 is 0 Å². The second kappa shape index (κ2) is 14.0. The first-order valence-electron chi connectivity index (χ1n) is 16.3. The van der Waals surface area contributed by atoms with E-state index in [4.69, 9.17) is 0 Å². The molecule has 0 saturated carbocycles. The van der Waals surface area contributed by atoms with E-state index in [1.54, 1.807) is 0 Å². The van der Waals surface area contributed by atoms with Crippen molar-refractivity contribution in [3.63, 3.8) is 0 Å². The molecular weight excluding hydrogens is 632 g/mol. The maximum atomic E-state index is 2.35. The van der Waals surface area contributed by atoms with E-state index >= 15 is 0 Å². The molecule has 0 aromatic heterocycles. The zero-order chi connectivity index (χ0) is 33.1.